The number of carbonyl (C=O) groups excluding carboxylic acids is 1. The largest absolute Gasteiger partial charge is 0.441 e. The van der Waals surface area contributed by atoms with Crippen LogP contribution in [0.2, 0.25) is 5.02 Å². The fourth-order valence-corrected chi connectivity index (χ4v) is 2.21. The van der Waals surface area contributed by atoms with Gasteiger partial charge in [0.05, 0.1) is 0 Å². The van der Waals surface area contributed by atoms with Crippen LogP contribution in [0.4, 0.5) is 0 Å². The molecule has 0 saturated carbocycles. The Bertz CT molecular complexity index is 794. The van der Waals surface area contributed by atoms with Crippen LogP contribution < -0.4 is 5.32 Å². The highest BCUT2D eigenvalue weighted by atomic mass is 35.5. The van der Waals surface area contributed by atoms with Crippen molar-refractivity contribution < 1.29 is 9.21 Å². The summed E-state index contributed by atoms with van der Waals surface area (Å²) in [5, 5.41) is 3.47. The highest BCUT2D eigenvalue weighted by Gasteiger charge is 2.07. The predicted molar refractivity (Wildman–Crippen MR) is 81.4 cm³/mol. The predicted octanol–water partition coefficient (Wildman–Crippen LogP) is 3.72. The maximum Gasteiger partial charge on any atom is 0.251 e. The quantitative estimate of drug-likeness (QED) is 0.802. The number of hydrogen-bond donors (Lipinski definition) is 1. The van der Waals surface area contributed by atoms with Crippen LogP contribution in [0.25, 0.3) is 11.1 Å². The van der Waals surface area contributed by atoms with E-state index in [4.69, 9.17) is 16.0 Å². The minimum atomic E-state index is -0.138. The molecule has 0 aliphatic heterocycles. The fraction of sp³-hybridized carbons (Fsp3) is 0.125. The second-order valence-corrected chi connectivity index (χ2v) is 5.16. The standard InChI is InChI=1S/C16H13ClN2O2/c1-10-19-14-7-2-11(8-15(14)21-10)9-18-16(20)12-3-5-13(17)6-4-12/h2-8H,9H2,1H3,(H,18,20). The van der Waals surface area contributed by atoms with E-state index in [-0.39, 0.29) is 5.91 Å². The number of nitrogens with zero attached hydrogens (tertiary/aromatic N) is 1. The van der Waals surface area contributed by atoms with Crippen molar-refractivity contribution in [2.75, 3.05) is 0 Å². The van der Waals surface area contributed by atoms with Crippen molar-refractivity contribution in [3.05, 3.63) is 64.5 Å². The third-order valence-electron chi connectivity index (χ3n) is 3.12. The lowest BCUT2D eigenvalue weighted by atomic mass is 10.2. The molecule has 1 heterocycles. The van der Waals surface area contributed by atoms with Crippen LogP contribution in [0.5, 0.6) is 0 Å². The lowest BCUT2D eigenvalue weighted by Gasteiger charge is -2.05. The van der Waals surface area contributed by atoms with Crippen LogP contribution in [0.3, 0.4) is 0 Å². The second-order valence-electron chi connectivity index (χ2n) is 4.72. The van der Waals surface area contributed by atoms with Crippen molar-refractivity contribution >= 4 is 28.6 Å². The van der Waals surface area contributed by atoms with Gasteiger partial charge in [0.2, 0.25) is 0 Å². The summed E-state index contributed by atoms with van der Waals surface area (Å²) >= 11 is 5.80. The molecule has 1 aromatic heterocycles. The SMILES string of the molecule is Cc1nc2ccc(CNC(=O)c3ccc(Cl)cc3)cc2o1. The molecule has 0 saturated heterocycles. The van der Waals surface area contributed by atoms with Crippen molar-refractivity contribution in [2.45, 2.75) is 13.5 Å². The highest BCUT2D eigenvalue weighted by molar-refractivity contribution is 6.30. The van der Waals surface area contributed by atoms with Crippen molar-refractivity contribution in [3.63, 3.8) is 0 Å². The summed E-state index contributed by atoms with van der Waals surface area (Å²) in [6.07, 6.45) is 0. The Morgan fingerprint density at radius 3 is 2.76 bits per heavy atom. The maximum absolute atomic E-state index is 12.0. The first-order valence-corrected chi connectivity index (χ1v) is 6.89. The van der Waals surface area contributed by atoms with E-state index >= 15 is 0 Å². The molecule has 3 aromatic rings. The number of halogens is 1. The lowest BCUT2D eigenvalue weighted by Crippen LogP contribution is -2.22. The van der Waals surface area contributed by atoms with Crippen LogP contribution in [-0.4, -0.2) is 10.9 Å². The number of oxazole rings is 1. The van der Waals surface area contributed by atoms with Gasteiger partial charge in [-0.05, 0) is 42.0 Å². The van der Waals surface area contributed by atoms with Gasteiger partial charge in [0.1, 0.15) is 5.52 Å². The number of amides is 1. The molecule has 2 aromatic carbocycles. The van der Waals surface area contributed by atoms with Gasteiger partial charge in [0.15, 0.2) is 11.5 Å². The van der Waals surface area contributed by atoms with Crippen molar-refractivity contribution in [1.82, 2.24) is 10.3 Å². The van der Waals surface area contributed by atoms with Crippen LogP contribution in [-0.2, 0) is 6.54 Å². The Kier molecular flexibility index (Phi) is 3.62. The number of nitrogens with one attached hydrogen (secondary N) is 1. The van der Waals surface area contributed by atoms with Crippen LogP contribution in [0.1, 0.15) is 21.8 Å². The summed E-state index contributed by atoms with van der Waals surface area (Å²) in [5.74, 6) is 0.493. The summed E-state index contributed by atoms with van der Waals surface area (Å²) < 4.78 is 5.47. The molecule has 1 amide bonds. The topological polar surface area (TPSA) is 55.1 Å². The number of benzene rings is 2. The monoisotopic (exact) mass is 300 g/mol. The van der Waals surface area contributed by atoms with E-state index in [0.29, 0.717) is 23.0 Å². The van der Waals surface area contributed by atoms with Gasteiger partial charge in [-0.2, -0.15) is 0 Å². The zero-order valence-electron chi connectivity index (χ0n) is 11.4. The Morgan fingerprint density at radius 1 is 1.24 bits per heavy atom. The summed E-state index contributed by atoms with van der Waals surface area (Å²) in [4.78, 5) is 16.2. The maximum atomic E-state index is 12.0. The zero-order chi connectivity index (χ0) is 14.8. The van der Waals surface area contributed by atoms with Crippen LogP contribution in [0.15, 0.2) is 46.9 Å². The molecule has 0 spiro atoms. The number of carbonyl (C=O) groups is 1. The van der Waals surface area contributed by atoms with Crippen molar-refractivity contribution in [2.24, 2.45) is 0 Å². The van der Waals surface area contributed by atoms with Gasteiger partial charge in [-0.3, -0.25) is 4.79 Å². The molecule has 5 heteroatoms. The average Bonchev–Trinajstić information content (AvgIpc) is 2.84. The highest BCUT2D eigenvalue weighted by Crippen LogP contribution is 2.17. The van der Waals surface area contributed by atoms with Gasteiger partial charge in [-0.15, -0.1) is 0 Å². The third kappa shape index (κ3) is 3.06. The van der Waals surface area contributed by atoms with Gasteiger partial charge < -0.3 is 9.73 Å². The van der Waals surface area contributed by atoms with Crippen LogP contribution in [0, 0.1) is 6.92 Å². The third-order valence-corrected chi connectivity index (χ3v) is 3.37. The summed E-state index contributed by atoms with van der Waals surface area (Å²) in [5.41, 5.74) is 3.09. The minimum Gasteiger partial charge on any atom is -0.441 e. The second kappa shape index (κ2) is 5.58. The van der Waals surface area contributed by atoms with E-state index < -0.39 is 0 Å². The van der Waals surface area contributed by atoms with Gasteiger partial charge >= 0.3 is 0 Å². The molecule has 0 atom stereocenters. The Morgan fingerprint density at radius 2 is 2.00 bits per heavy atom. The number of hydrogen-bond acceptors (Lipinski definition) is 3. The van der Waals surface area contributed by atoms with E-state index in [0.717, 1.165) is 16.7 Å². The number of fused-ring (bicyclic) bond motifs is 1. The Hall–Kier alpha value is -2.33. The fourth-order valence-electron chi connectivity index (χ4n) is 2.08. The molecule has 21 heavy (non-hydrogen) atoms. The first-order chi connectivity index (χ1) is 10.1. The Balaban J connectivity index is 1.70. The van der Waals surface area contributed by atoms with E-state index in [9.17, 15) is 4.79 Å². The molecule has 0 unspecified atom stereocenters. The molecule has 4 nitrogen and oxygen atoms in total. The molecule has 1 N–H and O–H groups in total. The normalized spacial score (nSPS) is 10.8. The number of aryl methyl sites for hydroxylation is 1. The first kappa shape index (κ1) is 13.6. The molecular weight excluding hydrogens is 288 g/mol. The average molecular weight is 301 g/mol. The smallest absolute Gasteiger partial charge is 0.251 e. The molecule has 0 fully saturated rings. The molecule has 106 valence electrons. The van der Waals surface area contributed by atoms with E-state index in [1.807, 2.05) is 25.1 Å². The van der Waals surface area contributed by atoms with Crippen molar-refractivity contribution in [3.8, 4) is 0 Å². The lowest BCUT2D eigenvalue weighted by molar-refractivity contribution is 0.0951. The van der Waals surface area contributed by atoms with Gasteiger partial charge in [0, 0.05) is 24.1 Å². The van der Waals surface area contributed by atoms with Crippen molar-refractivity contribution in [1.29, 1.82) is 0 Å². The molecular formula is C16H13ClN2O2. The van der Waals surface area contributed by atoms with E-state index in [1.165, 1.54) is 0 Å². The molecule has 3 rings (SSSR count). The van der Waals surface area contributed by atoms with Gasteiger partial charge in [-0.25, -0.2) is 4.98 Å². The summed E-state index contributed by atoms with van der Waals surface area (Å²) in [6.45, 7) is 2.24. The summed E-state index contributed by atoms with van der Waals surface area (Å²) in [6, 6.07) is 12.5. The van der Waals surface area contributed by atoms with Gasteiger partial charge in [0.25, 0.3) is 5.91 Å². The molecule has 0 aliphatic rings. The number of aromatic nitrogens is 1. The van der Waals surface area contributed by atoms with Gasteiger partial charge in [-0.1, -0.05) is 17.7 Å². The Labute approximate surface area is 126 Å². The zero-order valence-corrected chi connectivity index (χ0v) is 12.1. The number of rotatable bonds is 3. The molecule has 0 aliphatic carbocycles. The first-order valence-electron chi connectivity index (χ1n) is 6.52. The minimum absolute atomic E-state index is 0.138. The van der Waals surface area contributed by atoms with E-state index in [1.54, 1.807) is 24.3 Å². The van der Waals surface area contributed by atoms with Crippen LogP contribution >= 0.6 is 11.6 Å². The van der Waals surface area contributed by atoms with E-state index in [2.05, 4.69) is 10.3 Å². The summed E-state index contributed by atoms with van der Waals surface area (Å²) in [7, 11) is 0. The molecule has 0 radical (unpaired) electrons. The molecule has 0 bridgehead atoms.